The maximum atomic E-state index is 12.9. The molecule has 0 bridgehead atoms. The Labute approximate surface area is 82.6 Å². The minimum atomic E-state index is -0.165. The molecule has 1 saturated heterocycles. The summed E-state index contributed by atoms with van der Waals surface area (Å²) < 4.78 is 23.6. The molecule has 0 aliphatic carbocycles. The normalized spacial score (nSPS) is 17.6. The molecule has 0 spiro atoms. The minimum absolute atomic E-state index is 0.153. The first-order valence-corrected chi connectivity index (χ1v) is 4.74. The van der Waals surface area contributed by atoms with E-state index >= 15 is 0 Å². The van der Waals surface area contributed by atoms with Crippen LogP contribution in [0.2, 0.25) is 0 Å². The van der Waals surface area contributed by atoms with Crippen LogP contribution in [0.5, 0.6) is 0 Å². The first-order chi connectivity index (χ1) is 6.75. The van der Waals surface area contributed by atoms with E-state index in [9.17, 15) is 4.39 Å². The second-order valence-electron chi connectivity index (χ2n) is 3.46. The summed E-state index contributed by atoms with van der Waals surface area (Å²) in [6.07, 6.45) is 0.543. The van der Waals surface area contributed by atoms with Gasteiger partial charge in [0.2, 0.25) is 0 Å². The highest BCUT2D eigenvalue weighted by Gasteiger charge is 2.16. The number of ether oxygens (including phenoxy) is 2. The van der Waals surface area contributed by atoms with Crippen LogP contribution in [-0.4, -0.2) is 19.5 Å². The fourth-order valence-corrected chi connectivity index (χ4v) is 1.55. The molecule has 1 aromatic carbocycles. The Hall–Kier alpha value is -0.930. The Morgan fingerprint density at radius 2 is 2.07 bits per heavy atom. The van der Waals surface area contributed by atoms with Crippen LogP contribution >= 0.6 is 0 Å². The molecule has 0 unspecified atom stereocenters. The van der Waals surface area contributed by atoms with Crippen molar-refractivity contribution >= 4 is 0 Å². The molecule has 0 atom stereocenters. The number of aryl methyl sites for hydroxylation is 1. The molecule has 0 amide bonds. The van der Waals surface area contributed by atoms with Gasteiger partial charge in [0, 0.05) is 6.42 Å². The molecular weight excluding hydrogens is 183 g/mol. The Morgan fingerprint density at radius 1 is 1.36 bits per heavy atom. The van der Waals surface area contributed by atoms with E-state index in [1.165, 1.54) is 6.07 Å². The van der Waals surface area contributed by atoms with Crippen LogP contribution in [-0.2, 0) is 15.9 Å². The third kappa shape index (κ3) is 2.11. The van der Waals surface area contributed by atoms with E-state index in [-0.39, 0.29) is 12.1 Å². The van der Waals surface area contributed by atoms with E-state index in [4.69, 9.17) is 9.47 Å². The van der Waals surface area contributed by atoms with Crippen LogP contribution < -0.4 is 0 Å². The molecule has 1 aliphatic heterocycles. The lowest BCUT2D eigenvalue weighted by Gasteiger charge is -2.09. The molecule has 0 saturated carbocycles. The van der Waals surface area contributed by atoms with Crippen molar-refractivity contribution in [3.8, 4) is 0 Å². The SMILES string of the molecule is Cc1cc(CC2OCCO2)ccc1F. The van der Waals surface area contributed by atoms with E-state index < -0.39 is 0 Å². The van der Waals surface area contributed by atoms with E-state index in [0.29, 0.717) is 25.2 Å². The van der Waals surface area contributed by atoms with Crippen molar-refractivity contribution in [1.29, 1.82) is 0 Å². The zero-order chi connectivity index (χ0) is 9.97. The zero-order valence-electron chi connectivity index (χ0n) is 8.13. The van der Waals surface area contributed by atoms with Gasteiger partial charge in [-0.25, -0.2) is 4.39 Å². The lowest BCUT2D eigenvalue weighted by Crippen LogP contribution is -2.11. The van der Waals surface area contributed by atoms with Crippen molar-refractivity contribution in [3.63, 3.8) is 0 Å². The Balaban J connectivity index is 2.05. The summed E-state index contributed by atoms with van der Waals surface area (Å²) in [6, 6.07) is 5.09. The van der Waals surface area contributed by atoms with Gasteiger partial charge in [0.25, 0.3) is 0 Å². The van der Waals surface area contributed by atoms with Crippen molar-refractivity contribution < 1.29 is 13.9 Å². The monoisotopic (exact) mass is 196 g/mol. The molecule has 0 N–H and O–H groups in total. The highest BCUT2D eigenvalue weighted by Crippen LogP contribution is 2.14. The molecule has 1 aromatic rings. The lowest BCUT2D eigenvalue weighted by molar-refractivity contribution is -0.0400. The second kappa shape index (κ2) is 4.07. The third-order valence-corrected chi connectivity index (χ3v) is 2.32. The van der Waals surface area contributed by atoms with E-state index in [1.54, 1.807) is 13.0 Å². The van der Waals surface area contributed by atoms with Crippen LogP contribution in [0.3, 0.4) is 0 Å². The number of halogens is 1. The summed E-state index contributed by atoms with van der Waals surface area (Å²) in [5.41, 5.74) is 1.72. The van der Waals surface area contributed by atoms with Gasteiger partial charge in [-0.15, -0.1) is 0 Å². The van der Waals surface area contributed by atoms with Gasteiger partial charge in [-0.2, -0.15) is 0 Å². The number of hydrogen-bond acceptors (Lipinski definition) is 2. The quantitative estimate of drug-likeness (QED) is 0.720. The number of hydrogen-bond donors (Lipinski definition) is 0. The van der Waals surface area contributed by atoms with Gasteiger partial charge in [-0.05, 0) is 24.1 Å². The van der Waals surface area contributed by atoms with Crippen LogP contribution in [0.4, 0.5) is 4.39 Å². The van der Waals surface area contributed by atoms with Crippen molar-refractivity contribution in [2.75, 3.05) is 13.2 Å². The van der Waals surface area contributed by atoms with Gasteiger partial charge in [-0.1, -0.05) is 12.1 Å². The second-order valence-corrected chi connectivity index (χ2v) is 3.46. The molecule has 0 radical (unpaired) electrons. The molecule has 2 nitrogen and oxygen atoms in total. The Kier molecular flexibility index (Phi) is 2.79. The smallest absolute Gasteiger partial charge is 0.161 e. The van der Waals surface area contributed by atoms with Gasteiger partial charge in [-0.3, -0.25) is 0 Å². The number of benzene rings is 1. The zero-order valence-corrected chi connectivity index (χ0v) is 8.13. The van der Waals surface area contributed by atoms with Crippen molar-refractivity contribution in [2.45, 2.75) is 19.6 Å². The van der Waals surface area contributed by atoms with Crippen LogP contribution in [0.1, 0.15) is 11.1 Å². The average Bonchev–Trinajstić information content (AvgIpc) is 2.64. The molecule has 2 rings (SSSR count). The Morgan fingerprint density at radius 3 is 2.71 bits per heavy atom. The first kappa shape index (κ1) is 9.62. The summed E-state index contributed by atoms with van der Waals surface area (Å²) in [6.45, 7) is 3.07. The fourth-order valence-electron chi connectivity index (χ4n) is 1.55. The van der Waals surface area contributed by atoms with Crippen molar-refractivity contribution in [1.82, 2.24) is 0 Å². The van der Waals surface area contributed by atoms with Crippen LogP contribution in [0.25, 0.3) is 0 Å². The summed E-state index contributed by atoms with van der Waals surface area (Å²) >= 11 is 0. The average molecular weight is 196 g/mol. The summed E-state index contributed by atoms with van der Waals surface area (Å²) in [7, 11) is 0. The molecule has 3 heteroatoms. The highest BCUT2D eigenvalue weighted by molar-refractivity contribution is 5.24. The highest BCUT2D eigenvalue weighted by atomic mass is 19.1. The van der Waals surface area contributed by atoms with Crippen LogP contribution in [0.15, 0.2) is 18.2 Å². The minimum Gasteiger partial charge on any atom is -0.350 e. The predicted molar refractivity (Wildman–Crippen MR) is 50.5 cm³/mol. The number of rotatable bonds is 2. The molecular formula is C11H13FO2. The fraction of sp³-hybridized carbons (Fsp3) is 0.455. The van der Waals surface area contributed by atoms with Crippen molar-refractivity contribution in [2.24, 2.45) is 0 Å². The molecule has 1 fully saturated rings. The summed E-state index contributed by atoms with van der Waals surface area (Å²) in [4.78, 5) is 0. The van der Waals surface area contributed by atoms with Gasteiger partial charge in [0.05, 0.1) is 13.2 Å². The molecule has 0 aromatic heterocycles. The maximum Gasteiger partial charge on any atom is 0.161 e. The molecule has 76 valence electrons. The van der Waals surface area contributed by atoms with Gasteiger partial charge in [0.1, 0.15) is 5.82 Å². The third-order valence-electron chi connectivity index (χ3n) is 2.32. The first-order valence-electron chi connectivity index (χ1n) is 4.74. The van der Waals surface area contributed by atoms with E-state index in [2.05, 4.69) is 0 Å². The van der Waals surface area contributed by atoms with E-state index in [1.807, 2.05) is 6.07 Å². The summed E-state index contributed by atoms with van der Waals surface area (Å²) in [5, 5.41) is 0. The van der Waals surface area contributed by atoms with E-state index in [0.717, 1.165) is 5.56 Å². The van der Waals surface area contributed by atoms with Gasteiger partial charge in [0.15, 0.2) is 6.29 Å². The topological polar surface area (TPSA) is 18.5 Å². The molecule has 1 aliphatic rings. The van der Waals surface area contributed by atoms with Crippen molar-refractivity contribution in [3.05, 3.63) is 35.1 Å². The lowest BCUT2D eigenvalue weighted by atomic mass is 10.1. The van der Waals surface area contributed by atoms with Gasteiger partial charge < -0.3 is 9.47 Å². The standard InChI is InChI=1S/C11H13FO2/c1-8-6-9(2-3-10(8)12)7-11-13-4-5-14-11/h2-3,6,11H,4-5,7H2,1H3. The molecule has 14 heavy (non-hydrogen) atoms. The molecule has 1 heterocycles. The predicted octanol–water partition coefficient (Wildman–Crippen LogP) is 2.05. The van der Waals surface area contributed by atoms with Crippen LogP contribution in [0, 0.1) is 12.7 Å². The largest absolute Gasteiger partial charge is 0.350 e. The summed E-state index contributed by atoms with van der Waals surface area (Å²) in [5.74, 6) is -0.165. The van der Waals surface area contributed by atoms with Gasteiger partial charge >= 0.3 is 0 Å². The Bertz CT molecular complexity index is 319. The maximum absolute atomic E-state index is 12.9.